The number of para-hydroxylation sites is 1. The number of nitrogens with one attached hydrogen (secondary N) is 1. The molecule has 0 bridgehead atoms. The number of aromatic amines is 1. The molecule has 2 aromatic heterocycles. The standard InChI is InChI=1S/C20H18FN5O3/c1-12(29-17-5-3-2-4-14(17)21)20(28)26-9-6-13-16(11-26)24-18(25-19(13)27)15-10-22-7-8-23-15/h2-5,7-8,10,12H,6,9,11H2,1H3,(H,24,25,27). The van der Waals surface area contributed by atoms with Crippen molar-refractivity contribution in [1.82, 2.24) is 24.8 Å². The van der Waals surface area contributed by atoms with Crippen LogP contribution < -0.4 is 10.3 Å². The third kappa shape index (κ3) is 3.84. The zero-order valence-electron chi connectivity index (χ0n) is 15.6. The highest BCUT2D eigenvalue weighted by molar-refractivity contribution is 5.81. The first-order valence-corrected chi connectivity index (χ1v) is 9.11. The molecule has 148 valence electrons. The van der Waals surface area contributed by atoms with E-state index in [2.05, 4.69) is 19.9 Å². The van der Waals surface area contributed by atoms with Gasteiger partial charge in [0.05, 0.1) is 18.4 Å². The fourth-order valence-electron chi connectivity index (χ4n) is 3.21. The van der Waals surface area contributed by atoms with Gasteiger partial charge in [-0.15, -0.1) is 0 Å². The van der Waals surface area contributed by atoms with E-state index in [0.29, 0.717) is 35.7 Å². The molecule has 0 saturated heterocycles. The second kappa shape index (κ2) is 7.78. The average molecular weight is 395 g/mol. The maximum Gasteiger partial charge on any atom is 0.263 e. The minimum Gasteiger partial charge on any atom is -0.478 e. The Balaban J connectivity index is 1.54. The van der Waals surface area contributed by atoms with Gasteiger partial charge in [0, 0.05) is 24.5 Å². The van der Waals surface area contributed by atoms with Crippen LogP contribution in [0.3, 0.4) is 0 Å². The van der Waals surface area contributed by atoms with Gasteiger partial charge in [-0.25, -0.2) is 14.4 Å². The number of aromatic nitrogens is 4. The molecule has 0 aliphatic carbocycles. The third-order valence-corrected chi connectivity index (χ3v) is 4.68. The van der Waals surface area contributed by atoms with Gasteiger partial charge in [-0.2, -0.15) is 0 Å². The van der Waals surface area contributed by atoms with Crippen LogP contribution in [-0.4, -0.2) is 43.4 Å². The second-order valence-corrected chi connectivity index (χ2v) is 6.63. The van der Waals surface area contributed by atoms with E-state index >= 15 is 0 Å². The van der Waals surface area contributed by atoms with Crippen LogP contribution in [0.15, 0.2) is 47.7 Å². The van der Waals surface area contributed by atoms with Gasteiger partial charge in [0.2, 0.25) is 0 Å². The van der Waals surface area contributed by atoms with Gasteiger partial charge in [-0.1, -0.05) is 12.1 Å². The lowest BCUT2D eigenvalue weighted by Crippen LogP contribution is -2.44. The maximum absolute atomic E-state index is 13.8. The first-order valence-electron chi connectivity index (χ1n) is 9.11. The first-order chi connectivity index (χ1) is 14.0. The van der Waals surface area contributed by atoms with Crippen molar-refractivity contribution in [3.8, 4) is 17.3 Å². The topological polar surface area (TPSA) is 101 Å². The number of halogens is 1. The van der Waals surface area contributed by atoms with Crippen LogP contribution in [0.4, 0.5) is 4.39 Å². The highest BCUT2D eigenvalue weighted by atomic mass is 19.1. The number of nitrogens with zero attached hydrogens (tertiary/aromatic N) is 4. The SMILES string of the molecule is CC(Oc1ccccc1F)C(=O)N1CCc2c(nc(-c3cnccn3)[nH]c2=O)C1. The number of hydrogen-bond donors (Lipinski definition) is 1. The second-order valence-electron chi connectivity index (χ2n) is 6.63. The summed E-state index contributed by atoms with van der Waals surface area (Å²) in [5.74, 6) is -0.517. The van der Waals surface area contributed by atoms with E-state index in [4.69, 9.17) is 4.74 Å². The monoisotopic (exact) mass is 395 g/mol. The summed E-state index contributed by atoms with van der Waals surface area (Å²) in [6.45, 7) is 2.09. The highest BCUT2D eigenvalue weighted by Gasteiger charge is 2.29. The van der Waals surface area contributed by atoms with E-state index in [1.807, 2.05) is 0 Å². The molecule has 9 heteroatoms. The van der Waals surface area contributed by atoms with Gasteiger partial charge in [0.1, 0.15) is 5.69 Å². The summed E-state index contributed by atoms with van der Waals surface area (Å²) in [6.07, 6.45) is 4.02. The van der Waals surface area contributed by atoms with Gasteiger partial charge in [0.15, 0.2) is 23.5 Å². The molecule has 1 amide bonds. The van der Waals surface area contributed by atoms with Crippen LogP contribution in [0.1, 0.15) is 18.2 Å². The molecule has 3 aromatic rings. The number of fused-ring (bicyclic) bond motifs is 1. The van der Waals surface area contributed by atoms with Crippen LogP contribution in [0.25, 0.3) is 11.5 Å². The van der Waals surface area contributed by atoms with Crippen molar-refractivity contribution >= 4 is 5.91 Å². The fourth-order valence-corrected chi connectivity index (χ4v) is 3.21. The number of benzene rings is 1. The molecule has 1 aliphatic rings. The molecule has 8 nitrogen and oxygen atoms in total. The lowest BCUT2D eigenvalue weighted by Gasteiger charge is -2.30. The van der Waals surface area contributed by atoms with Crippen LogP contribution in [0.2, 0.25) is 0 Å². The molecule has 1 unspecified atom stereocenters. The summed E-state index contributed by atoms with van der Waals surface area (Å²) >= 11 is 0. The van der Waals surface area contributed by atoms with Crippen molar-refractivity contribution in [2.24, 2.45) is 0 Å². The number of carbonyl (C=O) groups is 1. The van der Waals surface area contributed by atoms with E-state index in [-0.39, 0.29) is 23.8 Å². The van der Waals surface area contributed by atoms with Gasteiger partial charge < -0.3 is 14.6 Å². The fraction of sp³-hybridized carbons (Fsp3) is 0.250. The van der Waals surface area contributed by atoms with Gasteiger partial charge in [-0.05, 0) is 25.5 Å². The summed E-state index contributed by atoms with van der Waals surface area (Å²) in [5.41, 5.74) is 1.24. The molecule has 29 heavy (non-hydrogen) atoms. The molecule has 0 radical (unpaired) electrons. The van der Waals surface area contributed by atoms with Crippen molar-refractivity contribution in [2.45, 2.75) is 26.0 Å². The number of rotatable bonds is 4. The molecule has 4 rings (SSSR count). The molecular weight excluding hydrogens is 377 g/mol. The van der Waals surface area contributed by atoms with E-state index in [1.165, 1.54) is 30.7 Å². The number of H-pyrrole nitrogens is 1. The molecule has 1 aromatic carbocycles. The van der Waals surface area contributed by atoms with Gasteiger partial charge in [-0.3, -0.25) is 14.6 Å². The minimum atomic E-state index is -0.880. The van der Waals surface area contributed by atoms with E-state index < -0.39 is 11.9 Å². The molecule has 1 N–H and O–H groups in total. The summed E-state index contributed by atoms with van der Waals surface area (Å²) in [4.78, 5) is 42.1. The number of hydrogen-bond acceptors (Lipinski definition) is 6. The Labute approximate surface area is 165 Å². The van der Waals surface area contributed by atoms with Crippen molar-refractivity contribution in [2.75, 3.05) is 6.54 Å². The molecule has 0 spiro atoms. The van der Waals surface area contributed by atoms with E-state index in [9.17, 15) is 14.0 Å². The maximum atomic E-state index is 13.8. The van der Waals surface area contributed by atoms with Gasteiger partial charge >= 0.3 is 0 Å². The van der Waals surface area contributed by atoms with Crippen LogP contribution in [0.5, 0.6) is 5.75 Å². The van der Waals surface area contributed by atoms with E-state index in [0.717, 1.165) is 0 Å². The third-order valence-electron chi connectivity index (χ3n) is 4.68. The lowest BCUT2D eigenvalue weighted by atomic mass is 10.1. The molecule has 1 aliphatic heterocycles. The van der Waals surface area contributed by atoms with Crippen LogP contribution in [0, 0.1) is 5.82 Å². The zero-order valence-corrected chi connectivity index (χ0v) is 15.6. The van der Waals surface area contributed by atoms with Crippen LogP contribution >= 0.6 is 0 Å². The Bertz CT molecular complexity index is 1100. The van der Waals surface area contributed by atoms with Crippen LogP contribution in [-0.2, 0) is 17.8 Å². The summed E-state index contributed by atoms with van der Waals surface area (Å²) in [6, 6.07) is 5.93. The molecule has 0 saturated carbocycles. The summed E-state index contributed by atoms with van der Waals surface area (Å²) < 4.78 is 19.3. The van der Waals surface area contributed by atoms with Crippen molar-refractivity contribution < 1.29 is 13.9 Å². The Hall–Kier alpha value is -3.62. The summed E-state index contributed by atoms with van der Waals surface area (Å²) in [7, 11) is 0. The molecule has 1 atom stereocenters. The molecule has 3 heterocycles. The number of ether oxygens (including phenoxy) is 1. The Morgan fingerprint density at radius 1 is 1.31 bits per heavy atom. The highest BCUT2D eigenvalue weighted by Crippen LogP contribution is 2.21. The zero-order chi connectivity index (χ0) is 20.4. The number of carbonyl (C=O) groups excluding carboxylic acids is 1. The molecular formula is C20H18FN5O3. The van der Waals surface area contributed by atoms with Crippen molar-refractivity contribution in [3.63, 3.8) is 0 Å². The predicted octanol–water partition coefficient (Wildman–Crippen LogP) is 1.72. The normalized spacial score (nSPS) is 14.2. The smallest absolute Gasteiger partial charge is 0.263 e. The van der Waals surface area contributed by atoms with Crippen molar-refractivity contribution in [1.29, 1.82) is 0 Å². The first kappa shape index (κ1) is 18.7. The van der Waals surface area contributed by atoms with Gasteiger partial charge in [0.25, 0.3) is 11.5 Å². The lowest BCUT2D eigenvalue weighted by molar-refractivity contribution is -0.139. The Morgan fingerprint density at radius 2 is 2.14 bits per heavy atom. The van der Waals surface area contributed by atoms with Crippen molar-refractivity contribution in [3.05, 3.63) is 70.3 Å². The minimum absolute atomic E-state index is 0.0188. The quantitative estimate of drug-likeness (QED) is 0.722. The largest absolute Gasteiger partial charge is 0.478 e. The summed E-state index contributed by atoms with van der Waals surface area (Å²) in [5, 5.41) is 0. The Morgan fingerprint density at radius 3 is 2.90 bits per heavy atom. The van der Waals surface area contributed by atoms with E-state index in [1.54, 1.807) is 24.0 Å². The number of amides is 1. The Kier molecular flexibility index (Phi) is 5.03. The average Bonchev–Trinajstić information content (AvgIpc) is 2.75. The predicted molar refractivity (Wildman–Crippen MR) is 101 cm³/mol. The molecule has 0 fully saturated rings.